The Kier molecular flexibility index (Phi) is 5.80. The SMILES string of the molecule is COc1ccnc(CSCC2CCCC(C)(C)C2)c1OC. The summed E-state index contributed by atoms with van der Waals surface area (Å²) in [6.07, 6.45) is 7.27. The fourth-order valence-electron chi connectivity index (χ4n) is 3.27. The molecule has 1 aliphatic carbocycles. The minimum Gasteiger partial charge on any atom is -0.493 e. The first-order chi connectivity index (χ1) is 10.1. The zero-order chi connectivity index (χ0) is 15.3. The zero-order valence-electron chi connectivity index (χ0n) is 13.6. The van der Waals surface area contributed by atoms with Crippen molar-refractivity contribution in [2.45, 2.75) is 45.3 Å². The van der Waals surface area contributed by atoms with Gasteiger partial charge >= 0.3 is 0 Å². The molecule has 3 nitrogen and oxygen atoms in total. The molecule has 2 rings (SSSR count). The molecular formula is C17H27NO2S. The van der Waals surface area contributed by atoms with Crippen LogP contribution in [0.1, 0.15) is 45.2 Å². The Labute approximate surface area is 132 Å². The van der Waals surface area contributed by atoms with Crippen LogP contribution >= 0.6 is 11.8 Å². The molecule has 21 heavy (non-hydrogen) atoms. The molecule has 4 heteroatoms. The standard InChI is InChI=1S/C17H27NO2S/c1-17(2)8-5-6-13(10-17)11-21-12-14-16(20-4)15(19-3)7-9-18-14/h7,9,13H,5-6,8,10-12H2,1-4H3. The molecular weight excluding hydrogens is 282 g/mol. The molecule has 1 unspecified atom stereocenters. The normalized spacial score (nSPS) is 21.0. The highest BCUT2D eigenvalue weighted by atomic mass is 32.2. The van der Waals surface area contributed by atoms with Crippen LogP contribution in [-0.2, 0) is 5.75 Å². The van der Waals surface area contributed by atoms with E-state index in [1.54, 1.807) is 20.4 Å². The Bertz CT molecular complexity index is 462. The van der Waals surface area contributed by atoms with Crippen LogP contribution in [0.4, 0.5) is 0 Å². The van der Waals surface area contributed by atoms with E-state index in [4.69, 9.17) is 9.47 Å². The van der Waals surface area contributed by atoms with Gasteiger partial charge in [0.2, 0.25) is 0 Å². The third-order valence-corrected chi connectivity index (χ3v) is 5.45. The summed E-state index contributed by atoms with van der Waals surface area (Å²) in [6, 6.07) is 1.84. The molecule has 1 aromatic rings. The number of nitrogens with zero attached hydrogens (tertiary/aromatic N) is 1. The molecule has 0 N–H and O–H groups in total. The Morgan fingerprint density at radius 1 is 1.33 bits per heavy atom. The van der Waals surface area contributed by atoms with Crippen LogP contribution in [0.15, 0.2) is 12.3 Å². The van der Waals surface area contributed by atoms with E-state index in [0.29, 0.717) is 5.41 Å². The van der Waals surface area contributed by atoms with Crippen LogP contribution < -0.4 is 9.47 Å². The average molecular weight is 309 g/mol. The Morgan fingerprint density at radius 3 is 2.81 bits per heavy atom. The highest BCUT2D eigenvalue weighted by molar-refractivity contribution is 7.98. The first-order valence-corrected chi connectivity index (χ1v) is 8.85. The maximum absolute atomic E-state index is 5.44. The minimum atomic E-state index is 0.523. The average Bonchev–Trinajstić information content (AvgIpc) is 2.46. The largest absolute Gasteiger partial charge is 0.493 e. The van der Waals surface area contributed by atoms with Crippen molar-refractivity contribution in [1.29, 1.82) is 0 Å². The van der Waals surface area contributed by atoms with Crippen molar-refractivity contribution in [3.05, 3.63) is 18.0 Å². The van der Waals surface area contributed by atoms with Gasteiger partial charge in [-0.2, -0.15) is 11.8 Å². The maximum atomic E-state index is 5.44. The second kappa shape index (κ2) is 7.39. The number of pyridine rings is 1. The van der Waals surface area contributed by atoms with Crippen LogP contribution in [0.3, 0.4) is 0 Å². The van der Waals surface area contributed by atoms with E-state index >= 15 is 0 Å². The van der Waals surface area contributed by atoms with Gasteiger partial charge in [-0.05, 0) is 36.3 Å². The molecule has 0 aromatic carbocycles. The van der Waals surface area contributed by atoms with Crippen LogP contribution in [0.25, 0.3) is 0 Å². The molecule has 1 aliphatic rings. The van der Waals surface area contributed by atoms with Gasteiger partial charge in [-0.25, -0.2) is 0 Å². The fourth-order valence-corrected chi connectivity index (χ4v) is 4.41. The highest BCUT2D eigenvalue weighted by Gasteiger charge is 2.27. The molecule has 1 fully saturated rings. The number of ether oxygens (including phenoxy) is 2. The highest BCUT2D eigenvalue weighted by Crippen LogP contribution is 2.40. The predicted octanol–water partition coefficient (Wildman–Crippen LogP) is 4.55. The smallest absolute Gasteiger partial charge is 0.183 e. The molecule has 0 saturated heterocycles. The third-order valence-electron chi connectivity index (χ3n) is 4.27. The first kappa shape index (κ1) is 16.5. The molecule has 1 saturated carbocycles. The number of hydrogen-bond acceptors (Lipinski definition) is 4. The quantitative estimate of drug-likeness (QED) is 0.771. The van der Waals surface area contributed by atoms with Crippen molar-refractivity contribution in [3.63, 3.8) is 0 Å². The lowest BCUT2D eigenvalue weighted by atomic mass is 9.73. The fraction of sp³-hybridized carbons (Fsp3) is 0.706. The molecule has 0 amide bonds. The van der Waals surface area contributed by atoms with Crippen LogP contribution in [0, 0.1) is 11.3 Å². The van der Waals surface area contributed by atoms with Gasteiger partial charge in [-0.3, -0.25) is 4.98 Å². The van der Waals surface area contributed by atoms with Gasteiger partial charge in [-0.15, -0.1) is 0 Å². The number of methoxy groups -OCH3 is 2. The van der Waals surface area contributed by atoms with E-state index in [1.165, 1.54) is 31.4 Å². The van der Waals surface area contributed by atoms with E-state index in [-0.39, 0.29) is 0 Å². The van der Waals surface area contributed by atoms with Crippen LogP contribution in [0.5, 0.6) is 11.5 Å². The molecule has 1 aromatic heterocycles. The molecule has 118 valence electrons. The van der Waals surface area contributed by atoms with Crippen molar-refractivity contribution in [2.24, 2.45) is 11.3 Å². The Hall–Kier alpha value is -0.900. The van der Waals surface area contributed by atoms with Gasteiger partial charge in [0.25, 0.3) is 0 Å². The Morgan fingerprint density at radius 2 is 2.14 bits per heavy atom. The van der Waals surface area contributed by atoms with Gasteiger partial charge in [0.15, 0.2) is 11.5 Å². The molecule has 1 heterocycles. The van der Waals surface area contributed by atoms with E-state index < -0.39 is 0 Å². The van der Waals surface area contributed by atoms with Gasteiger partial charge in [0, 0.05) is 18.0 Å². The summed E-state index contributed by atoms with van der Waals surface area (Å²) >= 11 is 1.96. The number of rotatable bonds is 6. The number of hydrogen-bond donors (Lipinski definition) is 0. The van der Waals surface area contributed by atoms with Crippen molar-refractivity contribution in [2.75, 3.05) is 20.0 Å². The summed E-state index contributed by atoms with van der Waals surface area (Å²) in [6.45, 7) is 4.80. The second-order valence-corrected chi connectivity index (χ2v) is 7.67. The first-order valence-electron chi connectivity index (χ1n) is 7.69. The molecule has 0 spiro atoms. The third kappa shape index (κ3) is 4.53. The van der Waals surface area contributed by atoms with Gasteiger partial charge in [0.05, 0.1) is 19.9 Å². The molecule has 1 atom stereocenters. The number of thioether (sulfide) groups is 1. The lowest BCUT2D eigenvalue weighted by Crippen LogP contribution is -2.23. The summed E-state index contributed by atoms with van der Waals surface area (Å²) in [5, 5.41) is 0. The maximum Gasteiger partial charge on any atom is 0.183 e. The summed E-state index contributed by atoms with van der Waals surface area (Å²) in [5.41, 5.74) is 1.51. The van der Waals surface area contributed by atoms with Gasteiger partial charge in [0.1, 0.15) is 0 Å². The van der Waals surface area contributed by atoms with Crippen molar-refractivity contribution in [1.82, 2.24) is 4.98 Å². The van der Waals surface area contributed by atoms with Gasteiger partial charge in [-0.1, -0.05) is 20.3 Å². The van der Waals surface area contributed by atoms with Crippen LogP contribution in [0.2, 0.25) is 0 Å². The lowest BCUT2D eigenvalue weighted by Gasteiger charge is -2.35. The molecule has 0 aliphatic heterocycles. The molecule has 0 radical (unpaired) electrons. The predicted molar refractivity (Wildman–Crippen MR) is 89.2 cm³/mol. The second-order valence-electron chi connectivity index (χ2n) is 6.63. The van der Waals surface area contributed by atoms with E-state index in [0.717, 1.165) is 28.9 Å². The van der Waals surface area contributed by atoms with Crippen molar-refractivity contribution >= 4 is 11.8 Å². The van der Waals surface area contributed by atoms with E-state index in [9.17, 15) is 0 Å². The van der Waals surface area contributed by atoms with E-state index in [2.05, 4.69) is 18.8 Å². The van der Waals surface area contributed by atoms with Crippen LogP contribution in [-0.4, -0.2) is 25.0 Å². The summed E-state index contributed by atoms with van der Waals surface area (Å²) < 4.78 is 10.8. The molecule has 0 bridgehead atoms. The van der Waals surface area contributed by atoms with Crippen molar-refractivity contribution < 1.29 is 9.47 Å². The summed E-state index contributed by atoms with van der Waals surface area (Å²) in [7, 11) is 3.34. The zero-order valence-corrected chi connectivity index (χ0v) is 14.5. The van der Waals surface area contributed by atoms with Crippen molar-refractivity contribution in [3.8, 4) is 11.5 Å². The monoisotopic (exact) mass is 309 g/mol. The van der Waals surface area contributed by atoms with Gasteiger partial charge < -0.3 is 9.47 Å². The topological polar surface area (TPSA) is 31.4 Å². The lowest BCUT2D eigenvalue weighted by molar-refractivity contribution is 0.194. The number of aromatic nitrogens is 1. The summed E-state index contributed by atoms with van der Waals surface area (Å²) in [4.78, 5) is 4.44. The summed E-state index contributed by atoms with van der Waals surface area (Å²) in [5.74, 6) is 4.48. The van der Waals surface area contributed by atoms with E-state index in [1.807, 2.05) is 17.8 Å². The minimum absolute atomic E-state index is 0.523. The Balaban J connectivity index is 1.89.